The van der Waals surface area contributed by atoms with E-state index >= 15 is 0 Å². The zero-order chi connectivity index (χ0) is 17.5. The summed E-state index contributed by atoms with van der Waals surface area (Å²) in [6.07, 6.45) is 0.969. The SMILES string of the molecule is CC(C)C[C@H](NC(=O)CCc1nc(-c2ccccc2)no1)C(N)=O. The van der Waals surface area contributed by atoms with Crippen LogP contribution >= 0.6 is 0 Å². The van der Waals surface area contributed by atoms with Gasteiger partial charge >= 0.3 is 0 Å². The summed E-state index contributed by atoms with van der Waals surface area (Å²) in [6, 6.07) is 8.78. The van der Waals surface area contributed by atoms with Crippen molar-refractivity contribution >= 4 is 11.8 Å². The van der Waals surface area contributed by atoms with Crippen LogP contribution in [0.4, 0.5) is 0 Å². The summed E-state index contributed by atoms with van der Waals surface area (Å²) < 4.78 is 5.15. The van der Waals surface area contributed by atoms with Gasteiger partial charge in [0.15, 0.2) is 0 Å². The molecule has 7 heteroatoms. The third-order valence-corrected chi connectivity index (χ3v) is 3.45. The van der Waals surface area contributed by atoms with Gasteiger partial charge in [0.1, 0.15) is 6.04 Å². The van der Waals surface area contributed by atoms with E-state index < -0.39 is 11.9 Å². The van der Waals surface area contributed by atoms with Gasteiger partial charge in [0.25, 0.3) is 0 Å². The molecule has 0 unspecified atom stereocenters. The third-order valence-electron chi connectivity index (χ3n) is 3.45. The van der Waals surface area contributed by atoms with Crippen molar-refractivity contribution in [3.8, 4) is 11.4 Å². The molecule has 0 fully saturated rings. The molecule has 0 spiro atoms. The van der Waals surface area contributed by atoms with Gasteiger partial charge in [0.2, 0.25) is 23.5 Å². The van der Waals surface area contributed by atoms with Crippen LogP contribution in [0.15, 0.2) is 34.9 Å². The number of aromatic nitrogens is 2. The standard InChI is InChI=1S/C17H22N4O3/c1-11(2)10-13(16(18)23)19-14(22)8-9-15-20-17(21-24-15)12-6-4-3-5-7-12/h3-7,11,13H,8-10H2,1-2H3,(H2,18,23)(H,19,22)/t13-/m0/s1. The Hall–Kier alpha value is -2.70. The number of aryl methyl sites for hydroxylation is 1. The maximum atomic E-state index is 12.0. The molecule has 2 rings (SSSR count). The third kappa shape index (κ3) is 5.19. The van der Waals surface area contributed by atoms with Gasteiger partial charge in [0.05, 0.1) is 0 Å². The summed E-state index contributed by atoms with van der Waals surface area (Å²) in [6.45, 7) is 3.93. The Morgan fingerprint density at radius 2 is 1.96 bits per heavy atom. The van der Waals surface area contributed by atoms with Crippen LogP contribution in [0, 0.1) is 5.92 Å². The lowest BCUT2D eigenvalue weighted by Gasteiger charge is -2.17. The predicted molar refractivity (Wildman–Crippen MR) is 88.6 cm³/mol. The van der Waals surface area contributed by atoms with Gasteiger partial charge in [-0.15, -0.1) is 0 Å². The highest BCUT2D eigenvalue weighted by Crippen LogP contribution is 2.15. The van der Waals surface area contributed by atoms with E-state index in [9.17, 15) is 9.59 Å². The van der Waals surface area contributed by atoms with Crippen molar-refractivity contribution in [3.63, 3.8) is 0 Å². The molecular formula is C17H22N4O3. The summed E-state index contributed by atoms with van der Waals surface area (Å²) in [7, 11) is 0. The number of primary amides is 1. The predicted octanol–water partition coefficient (Wildman–Crippen LogP) is 1.69. The first-order valence-corrected chi connectivity index (χ1v) is 7.92. The minimum atomic E-state index is -0.653. The lowest BCUT2D eigenvalue weighted by Crippen LogP contribution is -2.45. The second kappa shape index (κ2) is 8.24. The van der Waals surface area contributed by atoms with Crippen LogP contribution in [-0.4, -0.2) is 28.0 Å². The van der Waals surface area contributed by atoms with Crippen LogP contribution < -0.4 is 11.1 Å². The maximum absolute atomic E-state index is 12.0. The van der Waals surface area contributed by atoms with E-state index in [1.54, 1.807) is 0 Å². The molecule has 1 aromatic carbocycles. The van der Waals surface area contributed by atoms with Gasteiger partial charge in [-0.1, -0.05) is 49.3 Å². The highest BCUT2D eigenvalue weighted by Gasteiger charge is 2.19. The largest absolute Gasteiger partial charge is 0.368 e. The smallest absolute Gasteiger partial charge is 0.240 e. The van der Waals surface area contributed by atoms with Crippen LogP contribution in [0.1, 0.15) is 32.6 Å². The number of carbonyl (C=O) groups excluding carboxylic acids is 2. The molecule has 0 aliphatic carbocycles. The summed E-state index contributed by atoms with van der Waals surface area (Å²) in [5.74, 6) is 0.330. The number of rotatable bonds is 8. The lowest BCUT2D eigenvalue weighted by atomic mass is 10.0. The lowest BCUT2D eigenvalue weighted by molar-refractivity contribution is -0.127. The highest BCUT2D eigenvalue weighted by atomic mass is 16.5. The molecule has 1 heterocycles. The van der Waals surface area contributed by atoms with Crippen LogP contribution in [0.25, 0.3) is 11.4 Å². The van der Waals surface area contributed by atoms with Crippen molar-refractivity contribution in [2.45, 2.75) is 39.2 Å². The van der Waals surface area contributed by atoms with E-state index in [0.717, 1.165) is 5.56 Å². The van der Waals surface area contributed by atoms with Crippen molar-refractivity contribution in [1.82, 2.24) is 15.5 Å². The van der Waals surface area contributed by atoms with Gasteiger partial charge in [-0.3, -0.25) is 9.59 Å². The number of nitrogens with one attached hydrogen (secondary N) is 1. The number of carbonyl (C=O) groups is 2. The van der Waals surface area contributed by atoms with Crippen LogP contribution in [0.2, 0.25) is 0 Å². The van der Waals surface area contributed by atoms with E-state index in [1.807, 2.05) is 44.2 Å². The van der Waals surface area contributed by atoms with E-state index in [-0.39, 0.29) is 18.2 Å². The molecule has 2 amide bonds. The molecule has 0 radical (unpaired) electrons. The van der Waals surface area contributed by atoms with E-state index in [2.05, 4.69) is 15.5 Å². The molecule has 0 aliphatic rings. The Morgan fingerprint density at radius 1 is 1.25 bits per heavy atom. The van der Waals surface area contributed by atoms with Crippen LogP contribution in [0.3, 0.4) is 0 Å². The summed E-state index contributed by atoms with van der Waals surface area (Å²) in [4.78, 5) is 27.6. The molecule has 1 atom stereocenters. The molecule has 0 bridgehead atoms. The Labute approximate surface area is 140 Å². The zero-order valence-corrected chi connectivity index (χ0v) is 13.9. The van der Waals surface area contributed by atoms with Crippen molar-refractivity contribution < 1.29 is 14.1 Å². The van der Waals surface area contributed by atoms with Crippen molar-refractivity contribution in [1.29, 1.82) is 0 Å². The molecule has 128 valence electrons. The molecule has 7 nitrogen and oxygen atoms in total. The number of hydrogen-bond acceptors (Lipinski definition) is 5. The van der Waals surface area contributed by atoms with Gasteiger partial charge in [0, 0.05) is 18.4 Å². The second-order valence-corrected chi connectivity index (χ2v) is 6.03. The average molecular weight is 330 g/mol. The number of amides is 2. The van der Waals surface area contributed by atoms with Crippen LogP contribution in [0.5, 0.6) is 0 Å². The number of nitrogens with two attached hydrogens (primary N) is 1. The highest BCUT2D eigenvalue weighted by molar-refractivity contribution is 5.86. The fourth-order valence-corrected chi connectivity index (χ4v) is 2.27. The summed E-state index contributed by atoms with van der Waals surface area (Å²) >= 11 is 0. The first-order valence-electron chi connectivity index (χ1n) is 7.92. The molecule has 1 aromatic heterocycles. The Bertz CT molecular complexity index is 682. The minimum Gasteiger partial charge on any atom is -0.368 e. The van der Waals surface area contributed by atoms with E-state index in [1.165, 1.54) is 0 Å². The van der Waals surface area contributed by atoms with Crippen molar-refractivity contribution in [2.24, 2.45) is 11.7 Å². The maximum Gasteiger partial charge on any atom is 0.240 e. The fraction of sp³-hybridized carbons (Fsp3) is 0.412. The zero-order valence-electron chi connectivity index (χ0n) is 13.9. The molecule has 24 heavy (non-hydrogen) atoms. The van der Waals surface area contributed by atoms with E-state index in [4.69, 9.17) is 10.3 Å². The Balaban J connectivity index is 1.88. The fourth-order valence-electron chi connectivity index (χ4n) is 2.27. The first kappa shape index (κ1) is 17.7. The summed E-state index contributed by atoms with van der Waals surface area (Å²) in [5, 5.41) is 6.55. The molecule has 0 saturated heterocycles. The molecule has 2 aromatic rings. The number of hydrogen-bond donors (Lipinski definition) is 2. The summed E-state index contributed by atoms with van der Waals surface area (Å²) in [5.41, 5.74) is 6.16. The van der Waals surface area contributed by atoms with E-state index in [0.29, 0.717) is 24.6 Å². The van der Waals surface area contributed by atoms with Gasteiger partial charge in [-0.25, -0.2) is 0 Å². The normalized spacial score (nSPS) is 12.1. The number of benzene rings is 1. The van der Waals surface area contributed by atoms with Gasteiger partial charge < -0.3 is 15.6 Å². The van der Waals surface area contributed by atoms with Gasteiger partial charge in [-0.2, -0.15) is 4.98 Å². The van der Waals surface area contributed by atoms with Crippen LogP contribution in [-0.2, 0) is 16.0 Å². The second-order valence-electron chi connectivity index (χ2n) is 6.03. The quantitative estimate of drug-likeness (QED) is 0.765. The average Bonchev–Trinajstić information content (AvgIpc) is 3.01. The molecular weight excluding hydrogens is 308 g/mol. The number of nitrogens with zero attached hydrogens (tertiary/aromatic N) is 2. The van der Waals surface area contributed by atoms with Crippen molar-refractivity contribution in [2.75, 3.05) is 0 Å². The molecule has 0 aliphatic heterocycles. The minimum absolute atomic E-state index is 0.151. The topological polar surface area (TPSA) is 111 Å². The van der Waals surface area contributed by atoms with Gasteiger partial charge in [-0.05, 0) is 12.3 Å². The Kier molecular flexibility index (Phi) is 6.06. The van der Waals surface area contributed by atoms with Crippen molar-refractivity contribution in [3.05, 3.63) is 36.2 Å². The first-order chi connectivity index (χ1) is 11.5. The molecule has 3 N–H and O–H groups in total. The monoisotopic (exact) mass is 330 g/mol. The Morgan fingerprint density at radius 3 is 2.58 bits per heavy atom. The molecule has 0 saturated carbocycles.